The van der Waals surface area contributed by atoms with Crippen LogP contribution in [0.4, 0.5) is 0 Å². The van der Waals surface area contributed by atoms with Crippen molar-refractivity contribution < 1.29 is 9.47 Å². The number of rotatable bonds is 4. The van der Waals surface area contributed by atoms with Gasteiger partial charge in [0.05, 0.1) is 19.2 Å². The second kappa shape index (κ2) is 4.63. The highest BCUT2D eigenvalue weighted by Gasteiger charge is 2.50. The molecule has 0 heterocycles. The van der Waals surface area contributed by atoms with E-state index < -0.39 is 0 Å². The molecule has 0 radical (unpaired) electrons. The van der Waals surface area contributed by atoms with Crippen molar-refractivity contribution in [3.63, 3.8) is 0 Å². The first-order valence-corrected chi connectivity index (χ1v) is 6.53. The van der Waals surface area contributed by atoms with Crippen molar-refractivity contribution in [2.75, 3.05) is 14.2 Å². The summed E-state index contributed by atoms with van der Waals surface area (Å²) in [5.41, 5.74) is 8.39. The van der Waals surface area contributed by atoms with Crippen LogP contribution in [-0.2, 0) is 5.41 Å². The van der Waals surface area contributed by atoms with Crippen LogP contribution in [0.5, 0.6) is 11.5 Å². The molecule has 0 aliphatic heterocycles. The Hall–Kier alpha value is -0.930. The largest absolute Gasteiger partial charge is 0.493 e. The topological polar surface area (TPSA) is 44.5 Å². The maximum atomic E-state index is 6.51. The molecule has 100 valence electrons. The van der Waals surface area contributed by atoms with E-state index in [0.717, 1.165) is 24.0 Å². The van der Waals surface area contributed by atoms with Gasteiger partial charge in [0.25, 0.3) is 0 Å². The summed E-state index contributed by atoms with van der Waals surface area (Å²) in [6, 6.07) is 2.06. The maximum absolute atomic E-state index is 6.51. The molecule has 0 bridgehead atoms. The van der Waals surface area contributed by atoms with Crippen LogP contribution in [0.25, 0.3) is 0 Å². The van der Waals surface area contributed by atoms with E-state index in [1.54, 1.807) is 14.2 Å². The van der Waals surface area contributed by atoms with Crippen molar-refractivity contribution in [3.05, 3.63) is 22.2 Å². The van der Waals surface area contributed by atoms with Gasteiger partial charge in [-0.15, -0.1) is 0 Å². The number of halogens is 1. The van der Waals surface area contributed by atoms with Crippen LogP contribution in [0.15, 0.2) is 6.07 Å². The zero-order valence-corrected chi connectivity index (χ0v) is 12.1. The van der Waals surface area contributed by atoms with Gasteiger partial charge in [0.15, 0.2) is 11.5 Å². The van der Waals surface area contributed by atoms with Crippen molar-refractivity contribution in [1.29, 1.82) is 0 Å². The van der Waals surface area contributed by atoms with E-state index >= 15 is 0 Å². The zero-order chi connectivity index (χ0) is 13.5. The van der Waals surface area contributed by atoms with Crippen molar-refractivity contribution in [2.45, 2.75) is 38.1 Å². The second-order valence-electron chi connectivity index (χ2n) is 5.06. The van der Waals surface area contributed by atoms with Crippen LogP contribution in [0.2, 0.25) is 5.02 Å². The fourth-order valence-corrected chi connectivity index (χ4v) is 3.26. The third-order valence-electron chi connectivity index (χ3n) is 3.97. The Balaban J connectivity index is 2.62. The fourth-order valence-electron chi connectivity index (χ4n) is 2.75. The number of methoxy groups -OCH3 is 2. The van der Waals surface area contributed by atoms with Crippen LogP contribution in [0, 0.1) is 6.92 Å². The Bertz CT molecular complexity index is 467. The second-order valence-corrected chi connectivity index (χ2v) is 5.44. The molecule has 0 spiro atoms. The molecule has 1 aromatic rings. The average Bonchev–Trinajstić information content (AvgIpc) is 3.09. The highest BCUT2D eigenvalue weighted by atomic mass is 35.5. The Morgan fingerprint density at radius 1 is 1.33 bits per heavy atom. The molecular weight excluding hydrogens is 250 g/mol. The van der Waals surface area contributed by atoms with Crippen molar-refractivity contribution in [3.8, 4) is 11.5 Å². The molecule has 1 fully saturated rings. The number of ether oxygens (including phenoxy) is 2. The van der Waals surface area contributed by atoms with E-state index in [1.165, 1.54) is 0 Å². The van der Waals surface area contributed by atoms with Gasteiger partial charge in [-0.25, -0.2) is 0 Å². The lowest BCUT2D eigenvalue weighted by Crippen LogP contribution is -2.32. The molecule has 2 rings (SSSR count). The minimum absolute atomic E-state index is 0.0146. The lowest BCUT2D eigenvalue weighted by molar-refractivity contribution is 0.353. The van der Waals surface area contributed by atoms with Crippen molar-refractivity contribution in [1.82, 2.24) is 0 Å². The molecule has 0 amide bonds. The molecule has 0 aromatic heterocycles. The Labute approximate surface area is 113 Å². The third kappa shape index (κ3) is 1.86. The average molecular weight is 270 g/mol. The van der Waals surface area contributed by atoms with E-state index in [-0.39, 0.29) is 11.5 Å². The quantitative estimate of drug-likeness (QED) is 0.914. The van der Waals surface area contributed by atoms with E-state index in [4.69, 9.17) is 26.8 Å². The Kier molecular flexibility index (Phi) is 3.47. The zero-order valence-electron chi connectivity index (χ0n) is 11.3. The monoisotopic (exact) mass is 269 g/mol. The van der Waals surface area contributed by atoms with Crippen molar-refractivity contribution in [2.24, 2.45) is 5.73 Å². The molecule has 2 N–H and O–H groups in total. The van der Waals surface area contributed by atoms with Gasteiger partial charge in [0.2, 0.25) is 0 Å². The maximum Gasteiger partial charge on any atom is 0.179 e. The lowest BCUT2D eigenvalue weighted by Gasteiger charge is -2.25. The van der Waals surface area contributed by atoms with Gasteiger partial charge in [-0.05, 0) is 43.9 Å². The lowest BCUT2D eigenvalue weighted by atomic mass is 9.86. The predicted molar refractivity (Wildman–Crippen MR) is 73.9 cm³/mol. The Morgan fingerprint density at radius 3 is 2.33 bits per heavy atom. The van der Waals surface area contributed by atoms with E-state index in [2.05, 4.69) is 0 Å². The van der Waals surface area contributed by atoms with Crippen LogP contribution in [-0.4, -0.2) is 20.3 Å². The molecular formula is C14H20ClNO2. The van der Waals surface area contributed by atoms with Gasteiger partial charge in [-0.2, -0.15) is 0 Å². The third-order valence-corrected chi connectivity index (χ3v) is 4.33. The molecule has 1 unspecified atom stereocenters. The number of aryl methyl sites for hydroxylation is 1. The fraction of sp³-hybridized carbons (Fsp3) is 0.571. The van der Waals surface area contributed by atoms with Gasteiger partial charge in [0.1, 0.15) is 0 Å². The van der Waals surface area contributed by atoms with E-state index in [1.807, 2.05) is 19.9 Å². The first-order chi connectivity index (χ1) is 8.47. The van der Waals surface area contributed by atoms with E-state index in [0.29, 0.717) is 16.5 Å². The molecule has 1 atom stereocenters. The molecule has 18 heavy (non-hydrogen) atoms. The number of hydrogen-bond acceptors (Lipinski definition) is 3. The summed E-state index contributed by atoms with van der Waals surface area (Å²) < 4.78 is 10.7. The molecule has 3 nitrogen and oxygen atoms in total. The van der Waals surface area contributed by atoms with Gasteiger partial charge >= 0.3 is 0 Å². The number of nitrogens with two attached hydrogens (primary N) is 1. The summed E-state index contributed by atoms with van der Waals surface area (Å²) in [4.78, 5) is 0. The van der Waals surface area contributed by atoms with Crippen molar-refractivity contribution >= 4 is 11.6 Å². The normalized spacial score (nSPS) is 18.3. The first kappa shape index (κ1) is 13.5. The first-order valence-electron chi connectivity index (χ1n) is 6.15. The summed E-state index contributed by atoms with van der Waals surface area (Å²) in [6.45, 7) is 4.09. The van der Waals surface area contributed by atoms with Crippen LogP contribution >= 0.6 is 11.6 Å². The summed E-state index contributed by atoms with van der Waals surface area (Å²) >= 11 is 6.51. The van der Waals surface area contributed by atoms with Gasteiger partial charge < -0.3 is 15.2 Å². The number of hydrogen-bond donors (Lipinski definition) is 1. The minimum atomic E-state index is 0.0146. The smallest absolute Gasteiger partial charge is 0.179 e. The van der Waals surface area contributed by atoms with Crippen LogP contribution < -0.4 is 15.2 Å². The molecule has 1 aliphatic rings. The molecule has 1 aromatic carbocycles. The van der Waals surface area contributed by atoms with Gasteiger partial charge in [-0.3, -0.25) is 0 Å². The minimum Gasteiger partial charge on any atom is -0.493 e. The molecule has 4 heteroatoms. The molecule has 1 saturated carbocycles. The van der Waals surface area contributed by atoms with E-state index in [9.17, 15) is 0 Å². The summed E-state index contributed by atoms with van der Waals surface area (Å²) in [5.74, 6) is 1.27. The highest BCUT2D eigenvalue weighted by Crippen LogP contribution is 2.56. The highest BCUT2D eigenvalue weighted by molar-refractivity contribution is 6.33. The molecule has 0 saturated heterocycles. The molecule has 1 aliphatic carbocycles. The van der Waals surface area contributed by atoms with Crippen LogP contribution in [0.1, 0.15) is 30.9 Å². The number of benzene rings is 1. The van der Waals surface area contributed by atoms with Crippen LogP contribution in [0.3, 0.4) is 0 Å². The summed E-state index contributed by atoms with van der Waals surface area (Å²) in [5, 5.41) is 0.643. The van der Waals surface area contributed by atoms with Gasteiger partial charge in [-0.1, -0.05) is 11.6 Å². The Morgan fingerprint density at radius 2 is 1.94 bits per heavy atom. The predicted octanol–water partition coefficient (Wildman–Crippen LogP) is 3.04. The van der Waals surface area contributed by atoms with Gasteiger partial charge in [0, 0.05) is 11.5 Å². The summed E-state index contributed by atoms with van der Waals surface area (Å²) in [7, 11) is 3.22. The summed E-state index contributed by atoms with van der Waals surface area (Å²) in [6.07, 6.45) is 2.17. The SMILES string of the molecule is COc1cc(C)c(C2(C(C)N)CC2)c(Cl)c1OC. The standard InChI is InChI=1S/C14H20ClNO2/c1-8-7-10(17-3)13(18-4)12(15)11(8)14(5-6-14)9(2)16/h7,9H,5-6,16H2,1-4H3.